The smallest absolute Gasteiger partial charge is 0.410 e. The maximum Gasteiger partial charge on any atom is 0.410 e. The number of benzene rings is 1. The molecule has 8 nitrogen and oxygen atoms in total. The van der Waals surface area contributed by atoms with E-state index in [1.54, 1.807) is 4.90 Å². The molecule has 0 unspecified atom stereocenters. The van der Waals surface area contributed by atoms with Crippen molar-refractivity contribution in [2.24, 2.45) is 10.7 Å². The molecule has 3 rings (SSSR count). The highest BCUT2D eigenvalue weighted by molar-refractivity contribution is 14.0. The maximum atomic E-state index is 12.2. The molecule has 2 aliphatic heterocycles. The summed E-state index contributed by atoms with van der Waals surface area (Å²) in [6.07, 6.45) is 0.967. The summed E-state index contributed by atoms with van der Waals surface area (Å²) in [4.78, 5) is 25.5. The van der Waals surface area contributed by atoms with E-state index in [4.69, 9.17) is 10.5 Å². The molecule has 1 aromatic rings. The van der Waals surface area contributed by atoms with Crippen LogP contribution in [-0.4, -0.2) is 96.7 Å². The van der Waals surface area contributed by atoms with Crippen LogP contribution in [0.1, 0.15) is 38.3 Å². The van der Waals surface area contributed by atoms with E-state index in [-0.39, 0.29) is 30.1 Å². The topological polar surface area (TPSA) is 77.6 Å². The van der Waals surface area contributed by atoms with Crippen LogP contribution in [0, 0.1) is 0 Å². The van der Waals surface area contributed by atoms with Crippen molar-refractivity contribution in [3.8, 4) is 0 Å². The molecular weight excluding hydrogens is 531 g/mol. The first-order valence-electron chi connectivity index (χ1n) is 11.7. The van der Waals surface area contributed by atoms with Gasteiger partial charge in [0.1, 0.15) is 5.60 Å². The van der Waals surface area contributed by atoms with Gasteiger partial charge in [0.2, 0.25) is 0 Å². The first-order chi connectivity index (χ1) is 15.2. The van der Waals surface area contributed by atoms with Crippen molar-refractivity contribution in [3.05, 3.63) is 35.4 Å². The molecule has 0 spiro atoms. The van der Waals surface area contributed by atoms with Gasteiger partial charge in [-0.3, -0.25) is 4.90 Å². The zero-order chi connectivity index (χ0) is 23.1. The second-order valence-corrected chi connectivity index (χ2v) is 9.88. The lowest BCUT2D eigenvalue weighted by Gasteiger charge is -2.36. The Kier molecular flexibility index (Phi) is 10.7. The standard InChI is InChI=1S/C24H40N6O2.HI/c1-24(2,3)32-23(31)30-16-14-29(15-17-30)22(25)26-18-20-6-8-21(9-7-20)19-28-11-5-10-27(4)12-13-28;/h6-9H,5,10-19H2,1-4H3,(H2,25,26);1H. The molecule has 0 bridgehead atoms. The number of likely N-dealkylation sites (N-methyl/N-ethyl adjacent to an activating group) is 1. The number of nitrogens with zero attached hydrogens (tertiary/aromatic N) is 5. The second kappa shape index (κ2) is 12.8. The molecule has 186 valence electrons. The average Bonchev–Trinajstić information content (AvgIpc) is 2.96. The molecule has 33 heavy (non-hydrogen) atoms. The Morgan fingerprint density at radius 3 is 2.18 bits per heavy atom. The van der Waals surface area contributed by atoms with Crippen LogP contribution in [-0.2, 0) is 17.8 Å². The first-order valence-corrected chi connectivity index (χ1v) is 11.7. The summed E-state index contributed by atoms with van der Waals surface area (Å²) in [5, 5.41) is 0. The molecule has 0 radical (unpaired) electrons. The van der Waals surface area contributed by atoms with Crippen molar-refractivity contribution < 1.29 is 9.53 Å². The SMILES string of the molecule is CN1CCCN(Cc2ccc(CN=C(N)N3CCN(C(=O)OC(C)(C)C)CC3)cc2)CC1.I. The number of piperazine rings is 1. The van der Waals surface area contributed by atoms with Crippen molar-refractivity contribution in [2.75, 3.05) is 59.4 Å². The van der Waals surface area contributed by atoms with Gasteiger partial charge >= 0.3 is 6.09 Å². The van der Waals surface area contributed by atoms with Gasteiger partial charge in [0.25, 0.3) is 0 Å². The highest BCUT2D eigenvalue weighted by Gasteiger charge is 2.26. The van der Waals surface area contributed by atoms with E-state index in [0.717, 1.165) is 31.7 Å². The number of amides is 1. The molecule has 0 aliphatic carbocycles. The molecule has 0 aromatic heterocycles. The van der Waals surface area contributed by atoms with Crippen LogP contribution in [0.5, 0.6) is 0 Å². The number of carbonyl (C=O) groups is 1. The van der Waals surface area contributed by atoms with Crippen molar-refractivity contribution in [1.29, 1.82) is 0 Å². The van der Waals surface area contributed by atoms with Gasteiger partial charge in [0.15, 0.2) is 5.96 Å². The van der Waals surface area contributed by atoms with Crippen LogP contribution in [0.15, 0.2) is 29.3 Å². The van der Waals surface area contributed by atoms with Crippen LogP contribution < -0.4 is 5.73 Å². The second-order valence-electron chi connectivity index (χ2n) is 9.88. The van der Waals surface area contributed by atoms with Gasteiger partial charge in [-0.25, -0.2) is 9.79 Å². The molecule has 1 amide bonds. The third-order valence-corrected chi connectivity index (χ3v) is 5.92. The van der Waals surface area contributed by atoms with Crippen LogP contribution in [0.3, 0.4) is 0 Å². The molecule has 9 heteroatoms. The predicted octanol–water partition coefficient (Wildman–Crippen LogP) is 2.81. The minimum absolute atomic E-state index is 0. The van der Waals surface area contributed by atoms with Crippen LogP contribution in [0.2, 0.25) is 0 Å². The van der Waals surface area contributed by atoms with Gasteiger partial charge in [-0.05, 0) is 58.5 Å². The van der Waals surface area contributed by atoms with Gasteiger partial charge in [0.05, 0.1) is 6.54 Å². The van der Waals surface area contributed by atoms with Crippen LogP contribution in [0.4, 0.5) is 4.79 Å². The number of hydrogen-bond acceptors (Lipinski definition) is 5. The van der Waals surface area contributed by atoms with E-state index >= 15 is 0 Å². The van der Waals surface area contributed by atoms with Gasteiger partial charge in [-0.15, -0.1) is 24.0 Å². The fourth-order valence-corrected chi connectivity index (χ4v) is 3.98. The number of rotatable bonds is 4. The molecule has 2 N–H and O–H groups in total. The van der Waals surface area contributed by atoms with Gasteiger partial charge in [-0.1, -0.05) is 24.3 Å². The zero-order valence-corrected chi connectivity index (χ0v) is 23.0. The Morgan fingerprint density at radius 1 is 0.939 bits per heavy atom. The van der Waals surface area contributed by atoms with E-state index in [1.807, 2.05) is 25.7 Å². The highest BCUT2D eigenvalue weighted by atomic mass is 127. The normalized spacial score (nSPS) is 19.1. The molecule has 2 heterocycles. The van der Waals surface area contributed by atoms with E-state index in [1.165, 1.54) is 18.5 Å². The molecule has 0 saturated carbocycles. The highest BCUT2D eigenvalue weighted by Crippen LogP contribution is 2.13. The minimum atomic E-state index is -0.478. The van der Waals surface area contributed by atoms with Crippen LogP contribution >= 0.6 is 24.0 Å². The van der Waals surface area contributed by atoms with Crippen molar-refractivity contribution in [3.63, 3.8) is 0 Å². The lowest BCUT2D eigenvalue weighted by Crippen LogP contribution is -2.53. The van der Waals surface area contributed by atoms with Gasteiger partial charge < -0.3 is 25.2 Å². The summed E-state index contributed by atoms with van der Waals surface area (Å²) >= 11 is 0. The largest absolute Gasteiger partial charge is 0.444 e. The summed E-state index contributed by atoms with van der Waals surface area (Å²) in [5.74, 6) is 0.534. The number of ether oxygens (including phenoxy) is 1. The Balaban J connectivity index is 0.00000385. The molecular formula is C24H41IN6O2. The quantitative estimate of drug-likeness (QED) is 0.340. The number of halogens is 1. The van der Waals surface area contributed by atoms with E-state index < -0.39 is 5.60 Å². The van der Waals surface area contributed by atoms with Crippen LogP contribution in [0.25, 0.3) is 0 Å². The number of nitrogens with two attached hydrogens (primary N) is 1. The summed E-state index contributed by atoms with van der Waals surface area (Å²) in [6.45, 7) is 14.3. The number of guanidine groups is 1. The molecule has 2 fully saturated rings. The molecule has 2 aliphatic rings. The molecule has 2 saturated heterocycles. The number of hydrogen-bond donors (Lipinski definition) is 1. The Bertz CT molecular complexity index is 772. The van der Waals surface area contributed by atoms with Crippen molar-refractivity contribution >= 4 is 36.0 Å². The summed E-state index contributed by atoms with van der Waals surface area (Å²) in [6, 6.07) is 8.71. The summed E-state index contributed by atoms with van der Waals surface area (Å²) in [7, 11) is 2.20. The minimum Gasteiger partial charge on any atom is -0.444 e. The van der Waals surface area contributed by atoms with Gasteiger partial charge in [0, 0.05) is 45.8 Å². The van der Waals surface area contributed by atoms with E-state index in [9.17, 15) is 4.79 Å². The first kappa shape index (κ1) is 27.7. The average molecular weight is 573 g/mol. The summed E-state index contributed by atoms with van der Waals surface area (Å²) in [5.41, 5.74) is 8.25. The predicted molar refractivity (Wildman–Crippen MR) is 144 cm³/mol. The monoisotopic (exact) mass is 572 g/mol. The maximum absolute atomic E-state index is 12.2. The lowest BCUT2D eigenvalue weighted by atomic mass is 10.1. The lowest BCUT2D eigenvalue weighted by molar-refractivity contribution is 0.0186. The molecule has 1 aromatic carbocycles. The fraction of sp³-hybridized carbons (Fsp3) is 0.667. The third kappa shape index (κ3) is 9.29. The Morgan fingerprint density at radius 2 is 1.55 bits per heavy atom. The van der Waals surface area contributed by atoms with E-state index in [2.05, 4.69) is 46.1 Å². The molecule has 0 atom stereocenters. The Hall–Kier alpha value is -1.59. The van der Waals surface area contributed by atoms with Crippen molar-refractivity contribution in [2.45, 2.75) is 45.9 Å². The van der Waals surface area contributed by atoms with E-state index in [0.29, 0.717) is 38.7 Å². The zero-order valence-electron chi connectivity index (χ0n) is 20.6. The fourth-order valence-electron chi connectivity index (χ4n) is 3.98. The van der Waals surface area contributed by atoms with Crippen molar-refractivity contribution in [1.82, 2.24) is 19.6 Å². The number of aliphatic imine (C=N–C) groups is 1. The summed E-state index contributed by atoms with van der Waals surface area (Å²) < 4.78 is 5.45. The van der Waals surface area contributed by atoms with Gasteiger partial charge in [-0.2, -0.15) is 0 Å². The number of carbonyl (C=O) groups excluding carboxylic acids is 1. The Labute approximate surface area is 216 Å². The third-order valence-electron chi connectivity index (χ3n) is 5.92.